The second-order valence-corrected chi connectivity index (χ2v) is 10.7. The zero-order valence-corrected chi connectivity index (χ0v) is 17.4. The molecular weight excluding hydrogens is 423 g/mol. The first-order valence-corrected chi connectivity index (χ1v) is 10.3. The van der Waals surface area contributed by atoms with Crippen LogP contribution in [0.5, 0.6) is 0 Å². The molecule has 0 spiro atoms. The van der Waals surface area contributed by atoms with Crippen molar-refractivity contribution in [3.05, 3.63) is 26.7 Å². The third-order valence-electron chi connectivity index (χ3n) is 3.78. The van der Waals surface area contributed by atoms with Gasteiger partial charge in [0.15, 0.2) is 0 Å². The Kier molecular flexibility index (Phi) is 5.47. The van der Waals surface area contributed by atoms with Crippen molar-refractivity contribution in [3.8, 4) is 0 Å². The van der Waals surface area contributed by atoms with Crippen molar-refractivity contribution in [1.29, 1.82) is 0 Å². The summed E-state index contributed by atoms with van der Waals surface area (Å²) in [5, 5.41) is 4.05. The molecule has 1 heterocycles. The van der Waals surface area contributed by atoms with Crippen molar-refractivity contribution < 1.29 is 8.42 Å². The number of sulfonamides is 1. The normalized spacial score (nSPS) is 21.3. The maximum atomic E-state index is 12.7. The van der Waals surface area contributed by atoms with Crippen molar-refractivity contribution in [1.82, 2.24) is 10.0 Å². The highest BCUT2D eigenvalue weighted by Gasteiger charge is 2.39. The lowest BCUT2D eigenvalue weighted by atomic mass is 9.80. The van der Waals surface area contributed by atoms with Gasteiger partial charge in [-0.1, -0.05) is 23.2 Å². The van der Waals surface area contributed by atoms with Crippen molar-refractivity contribution in [3.63, 3.8) is 0 Å². The molecule has 4 nitrogen and oxygen atoms in total. The van der Waals surface area contributed by atoms with Gasteiger partial charge < -0.3 is 5.32 Å². The largest absolute Gasteiger partial charge is 0.307 e. The Balaban J connectivity index is 2.30. The van der Waals surface area contributed by atoms with Gasteiger partial charge in [0, 0.05) is 21.6 Å². The van der Waals surface area contributed by atoms with Crippen LogP contribution in [0.1, 0.15) is 40.5 Å². The standard InChI is InChI=1S/C15H21BrCl2N2O2S/c1-14(2)7-9(8-15(3,4)20-14)19-23(21,22)13-6-12(18)11(17)5-10(13)16/h5-6,9,19-20H,7-8H2,1-4H3. The van der Waals surface area contributed by atoms with E-state index in [2.05, 4.69) is 53.7 Å². The van der Waals surface area contributed by atoms with Crippen LogP contribution in [0.3, 0.4) is 0 Å². The molecule has 0 atom stereocenters. The minimum atomic E-state index is -3.70. The van der Waals surface area contributed by atoms with Crippen LogP contribution < -0.4 is 10.0 Å². The molecule has 1 aliphatic heterocycles. The van der Waals surface area contributed by atoms with Crippen molar-refractivity contribution >= 4 is 49.2 Å². The molecule has 2 rings (SSSR count). The zero-order valence-electron chi connectivity index (χ0n) is 13.5. The smallest absolute Gasteiger partial charge is 0.241 e. The first kappa shape index (κ1) is 19.5. The Bertz CT molecular complexity index is 704. The topological polar surface area (TPSA) is 58.2 Å². The number of rotatable bonds is 3. The first-order chi connectivity index (χ1) is 10.3. The first-order valence-electron chi connectivity index (χ1n) is 7.28. The van der Waals surface area contributed by atoms with Crippen LogP contribution in [0.15, 0.2) is 21.5 Å². The summed E-state index contributed by atoms with van der Waals surface area (Å²) in [5.41, 5.74) is -0.298. The van der Waals surface area contributed by atoms with Gasteiger partial charge in [-0.3, -0.25) is 0 Å². The highest BCUT2D eigenvalue weighted by molar-refractivity contribution is 9.10. The molecule has 0 aromatic heterocycles. The van der Waals surface area contributed by atoms with Gasteiger partial charge in [-0.05, 0) is 68.6 Å². The summed E-state index contributed by atoms with van der Waals surface area (Å²) in [6, 6.07) is 2.70. The van der Waals surface area contributed by atoms with Gasteiger partial charge in [0.1, 0.15) is 0 Å². The summed E-state index contributed by atoms with van der Waals surface area (Å²) < 4.78 is 28.7. The van der Waals surface area contributed by atoms with Crippen LogP contribution in [0.2, 0.25) is 10.0 Å². The van der Waals surface area contributed by atoms with Gasteiger partial charge in [0.25, 0.3) is 0 Å². The predicted octanol–water partition coefficient (Wildman–Crippen LogP) is 4.34. The van der Waals surface area contributed by atoms with Gasteiger partial charge in [-0.15, -0.1) is 0 Å². The summed E-state index contributed by atoms with van der Waals surface area (Å²) >= 11 is 15.1. The summed E-state index contributed by atoms with van der Waals surface area (Å²) in [6.45, 7) is 8.29. The number of nitrogens with one attached hydrogen (secondary N) is 2. The molecule has 1 saturated heterocycles. The molecule has 1 aromatic rings. The van der Waals surface area contributed by atoms with Gasteiger partial charge in [-0.25, -0.2) is 13.1 Å². The molecule has 0 aliphatic carbocycles. The lowest BCUT2D eigenvalue weighted by molar-refractivity contribution is 0.157. The molecule has 0 bridgehead atoms. The second kappa shape index (κ2) is 6.46. The lowest BCUT2D eigenvalue weighted by Crippen LogP contribution is -2.62. The molecule has 8 heteroatoms. The average molecular weight is 444 g/mol. The molecule has 1 fully saturated rings. The van der Waals surface area contributed by atoms with E-state index in [9.17, 15) is 8.42 Å². The predicted molar refractivity (Wildman–Crippen MR) is 98.8 cm³/mol. The Morgan fingerprint density at radius 2 is 1.61 bits per heavy atom. The summed E-state index contributed by atoms with van der Waals surface area (Å²) in [5.74, 6) is 0. The molecule has 1 aliphatic rings. The number of hydrogen-bond donors (Lipinski definition) is 2. The van der Waals surface area contributed by atoms with E-state index in [0.29, 0.717) is 22.3 Å². The fourth-order valence-electron chi connectivity index (χ4n) is 3.40. The fraction of sp³-hybridized carbons (Fsp3) is 0.600. The van der Waals surface area contributed by atoms with Crippen LogP contribution in [0.25, 0.3) is 0 Å². The molecule has 0 amide bonds. The van der Waals surface area contributed by atoms with E-state index in [1.807, 2.05) is 0 Å². The van der Waals surface area contributed by atoms with Gasteiger partial charge in [-0.2, -0.15) is 0 Å². The number of piperidine rings is 1. The molecule has 2 N–H and O–H groups in total. The summed E-state index contributed by atoms with van der Waals surface area (Å²) in [7, 11) is -3.70. The Labute approximate surface area is 156 Å². The average Bonchev–Trinajstić information content (AvgIpc) is 2.28. The van der Waals surface area contributed by atoms with E-state index in [1.54, 1.807) is 0 Å². The van der Waals surface area contributed by atoms with Crippen LogP contribution in [-0.2, 0) is 10.0 Å². The molecule has 0 saturated carbocycles. The Hall–Kier alpha value is 0.150. The fourth-order valence-corrected chi connectivity index (χ4v) is 6.23. The van der Waals surface area contributed by atoms with Gasteiger partial charge in [0.05, 0.1) is 14.9 Å². The maximum absolute atomic E-state index is 12.7. The summed E-state index contributed by atoms with van der Waals surface area (Å²) in [6.07, 6.45) is 1.41. The Morgan fingerprint density at radius 1 is 1.13 bits per heavy atom. The molecule has 1 aromatic carbocycles. The monoisotopic (exact) mass is 442 g/mol. The van der Waals surface area contributed by atoms with Crippen LogP contribution in [0.4, 0.5) is 0 Å². The van der Waals surface area contributed by atoms with E-state index >= 15 is 0 Å². The van der Waals surface area contributed by atoms with E-state index in [4.69, 9.17) is 23.2 Å². The van der Waals surface area contributed by atoms with Crippen LogP contribution in [0, 0.1) is 0 Å². The number of benzene rings is 1. The maximum Gasteiger partial charge on any atom is 0.241 e. The molecule has 23 heavy (non-hydrogen) atoms. The minimum Gasteiger partial charge on any atom is -0.307 e. The Morgan fingerprint density at radius 3 is 2.13 bits per heavy atom. The quantitative estimate of drug-likeness (QED) is 0.683. The number of halogens is 3. The van der Waals surface area contributed by atoms with Crippen LogP contribution >= 0.6 is 39.1 Å². The lowest BCUT2D eigenvalue weighted by Gasteiger charge is -2.46. The highest BCUT2D eigenvalue weighted by atomic mass is 79.9. The third-order valence-corrected chi connectivity index (χ3v) is 6.98. The van der Waals surface area contributed by atoms with E-state index in [1.165, 1.54) is 12.1 Å². The minimum absolute atomic E-state index is 0.0982. The van der Waals surface area contributed by atoms with Gasteiger partial charge in [0.2, 0.25) is 10.0 Å². The van der Waals surface area contributed by atoms with Crippen molar-refractivity contribution in [2.75, 3.05) is 0 Å². The molecule has 130 valence electrons. The summed E-state index contributed by atoms with van der Waals surface area (Å²) in [4.78, 5) is 0.0982. The SMILES string of the molecule is CC1(C)CC(NS(=O)(=O)c2cc(Cl)c(Cl)cc2Br)CC(C)(C)N1. The van der Waals surface area contributed by atoms with Crippen molar-refractivity contribution in [2.45, 2.75) is 62.6 Å². The van der Waals surface area contributed by atoms with Crippen molar-refractivity contribution in [2.24, 2.45) is 0 Å². The molecule has 0 unspecified atom stereocenters. The molecular formula is C15H21BrCl2N2O2S. The van der Waals surface area contributed by atoms with Crippen LogP contribution in [-0.4, -0.2) is 25.5 Å². The highest BCUT2D eigenvalue weighted by Crippen LogP contribution is 2.33. The van der Waals surface area contributed by atoms with Gasteiger partial charge >= 0.3 is 0 Å². The second-order valence-electron chi connectivity index (χ2n) is 7.32. The van der Waals surface area contributed by atoms with E-state index < -0.39 is 10.0 Å². The third kappa shape index (κ3) is 4.83. The molecule has 0 radical (unpaired) electrons. The van der Waals surface area contributed by atoms with E-state index in [-0.39, 0.29) is 27.0 Å². The zero-order chi connectivity index (χ0) is 17.6. The number of hydrogen-bond acceptors (Lipinski definition) is 3. The van der Waals surface area contributed by atoms with E-state index in [0.717, 1.165) is 0 Å².